The fraction of sp³-hybridized carbons (Fsp3) is 0.0870. The van der Waals surface area contributed by atoms with Crippen LogP contribution in [0.1, 0.15) is 37.5 Å². The van der Waals surface area contributed by atoms with Crippen molar-refractivity contribution < 1.29 is 4.39 Å². The van der Waals surface area contributed by atoms with Gasteiger partial charge in [-0.1, -0.05) is 69.3 Å². The van der Waals surface area contributed by atoms with E-state index >= 15 is 0 Å². The fourth-order valence-electron chi connectivity index (χ4n) is 7.09. The molecule has 0 spiro atoms. The molecule has 0 unspecified atom stereocenters. The highest BCUT2D eigenvalue weighted by Gasteiger charge is 2.22. The summed E-state index contributed by atoms with van der Waals surface area (Å²) in [6.07, 6.45) is 0. The summed E-state index contributed by atoms with van der Waals surface area (Å²) >= 11 is 0. The molecule has 244 valence electrons. The van der Waals surface area contributed by atoms with Crippen LogP contribution in [0.2, 0.25) is 0 Å². The van der Waals surface area contributed by atoms with Crippen LogP contribution >= 0.6 is 0 Å². The van der Waals surface area contributed by atoms with E-state index in [0.29, 0.717) is 11.1 Å². The zero-order chi connectivity index (χ0) is 35.3. The highest BCUT2D eigenvalue weighted by molar-refractivity contribution is 6.28. The predicted molar refractivity (Wildman–Crippen MR) is 208 cm³/mol. The number of nitriles is 2. The number of nitrogens with zero attached hydrogens (tertiary/aromatic N) is 4. The molecular weight excluding hydrogens is 628 g/mol. The first kappa shape index (κ1) is 31.6. The Balaban J connectivity index is 1.37. The largest absolute Gasteiger partial charge is 0.310 e. The third-order valence-corrected chi connectivity index (χ3v) is 9.69. The minimum absolute atomic E-state index is 0.0159. The molecule has 0 aliphatic heterocycles. The Kier molecular flexibility index (Phi) is 7.63. The van der Waals surface area contributed by atoms with Crippen LogP contribution in [0.3, 0.4) is 0 Å². The van der Waals surface area contributed by atoms with Crippen LogP contribution in [0, 0.1) is 28.5 Å². The molecule has 0 aliphatic rings. The third kappa shape index (κ3) is 5.56. The van der Waals surface area contributed by atoms with E-state index in [2.05, 4.69) is 116 Å². The van der Waals surface area contributed by atoms with Crippen LogP contribution < -0.4 is 9.80 Å². The topological polar surface area (TPSA) is 54.1 Å². The maximum Gasteiger partial charge on any atom is 0.123 e. The first-order valence-corrected chi connectivity index (χ1v) is 16.9. The van der Waals surface area contributed by atoms with E-state index in [1.54, 1.807) is 24.3 Å². The molecule has 51 heavy (non-hydrogen) atoms. The zero-order valence-electron chi connectivity index (χ0n) is 28.5. The summed E-state index contributed by atoms with van der Waals surface area (Å²) in [5.74, 6) is -0.304. The lowest BCUT2D eigenvalue weighted by Crippen LogP contribution is -2.13. The van der Waals surface area contributed by atoms with Gasteiger partial charge in [0, 0.05) is 33.5 Å². The van der Waals surface area contributed by atoms with E-state index in [9.17, 15) is 14.9 Å². The van der Waals surface area contributed by atoms with Gasteiger partial charge in [0.25, 0.3) is 0 Å². The Morgan fingerprint density at radius 1 is 0.451 bits per heavy atom. The molecule has 0 atom stereocenters. The van der Waals surface area contributed by atoms with Gasteiger partial charge >= 0.3 is 0 Å². The molecule has 4 nitrogen and oxygen atoms in total. The van der Waals surface area contributed by atoms with Gasteiger partial charge in [-0.3, -0.25) is 0 Å². The fourth-order valence-corrected chi connectivity index (χ4v) is 7.09. The normalized spacial score (nSPS) is 11.5. The van der Waals surface area contributed by atoms with Gasteiger partial charge in [-0.2, -0.15) is 10.5 Å². The van der Waals surface area contributed by atoms with Crippen LogP contribution in [0.25, 0.3) is 32.3 Å². The molecule has 5 heteroatoms. The molecule has 8 aromatic carbocycles. The van der Waals surface area contributed by atoms with E-state index < -0.39 is 0 Å². The number of benzene rings is 8. The number of anilines is 6. The first-order chi connectivity index (χ1) is 24.7. The Hall–Kier alpha value is -6.69. The molecule has 8 rings (SSSR count). The van der Waals surface area contributed by atoms with Crippen molar-refractivity contribution in [2.24, 2.45) is 0 Å². The smallest absolute Gasteiger partial charge is 0.123 e. The number of hydrogen-bond donors (Lipinski definition) is 0. The highest BCUT2D eigenvalue weighted by Crippen LogP contribution is 2.47. The van der Waals surface area contributed by atoms with Crippen molar-refractivity contribution >= 4 is 66.4 Å². The number of rotatable bonds is 6. The number of hydrogen-bond acceptors (Lipinski definition) is 4. The van der Waals surface area contributed by atoms with Crippen molar-refractivity contribution in [2.45, 2.75) is 26.2 Å². The second kappa shape index (κ2) is 12.3. The van der Waals surface area contributed by atoms with Gasteiger partial charge in [0.15, 0.2) is 0 Å². The molecule has 0 amide bonds. The van der Waals surface area contributed by atoms with Crippen molar-refractivity contribution in [3.8, 4) is 12.1 Å². The number of halogens is 1. The van der Waals surface area contributed by atoms with E-state index in [1.807, 2.05) is 36.4 Å². The molecule has 0 N–H and O–H groups in total. The minimum Gasteiger partial charge on any atom is -0.310 e. The van der Waals surface area contributed by atoms with Crippen LogP contribution in [0.5, 0.6) is 0 Å². The second-order valence-corrected chi connectivity index (χ2v) is 13.9. The van der Waals surface area contributed by atoms with E-state index in [1.165, 1.54) is 17.7 Å². The predicted octanol–water partition coefficient (Wildman–Crippen LogP) is 12.7. The summed E-state index contributed by atoms with van der Waals surface area (Å²) in [6, 6.07) is 52.3. The molecule has 0 radical (unpaired) electrons. The zero-order valence-corrected chi connectivity index (χ0v) is 28.5. The van der Waals surface area contributed by atoms with Crippen LogP contribution in [-0.4, -0.2) is 0 Å². The van der Waals surface area contributed by atoms with Gasteiger partial charge < -0.3 is 9.80 Å². The quantitative estimate of drug-likeness (QED) is 0.167. The molecule has 0 bridgehead atoms. The Labute approximate surface area is 296 Å². The molecule has 8 aromatic rings. The average molecular weight is 661 g/mol. The summed E-state index contributed by atoms with van der Waals surface area (Å²) in [5.41, 5.74) is 8.06. The summed E-state index contributed by atoms with van der Waals surface area (Å²) in [6.45, 7) is 6.65. The van der Waals surface area contributed by atoms with E-state index in [4.69, 9.17) is 0 Å². The summed E-state index contributed by atoms with van der Waals surface area (Å²) in [5, 5.41) is 25.7. The SMILES string of the molecule is CC(C)(C)c1ccc(N(c2ccc(C#N)cc2)c2ccc3ccc4c(N(c5ccc(F)cc5)c5ccc(C#N)cc5)ccc5ccc2c3c54)cc1. The van der Waals surface area contributed by atoms with Gasteiger partial charge in [0.1, 0.15) is 5.82 Å². The van der Waals surface area contributed by atoms with Crippen molar-refractivity contribution in [1.82, 2.24) is 0 Å². The van der Waals surface area contributed by atoms with Crippen molar-refractivity contribution in [2.75, 3.05) is 9.80 Å². The summed E-state index contributed by atoms with van der Waals surface area (Å²) < 4.78 is 14.2. The molecule has 0 saturated carbocycles. The van der Waals surface area contributed by atoms with E-state index in [0.717, 1.165) is 66.4 Å². The molecule has 0 heterocycles. The molecule has 0 fully saturated rings. The first-order valence-electron chi connectivity index (χ1n) is 16.9. The second-order valence-electron chi connectivity index (χ2n) is 13.9. The maximum absolute atomic E-state index is 14.2. The lowest BCUT2D eigenvalue weighted by molar-refractivity contribution is 0.590. The van der Waals surface area contributed by atoms with Crippen molar-refractivity contribution in [3.63, 3.8) is 0 Å². The van der Waals surface area contributed by atoms with Gasteiger partial charge in [0.05, 0.1) is 34.6 Å². The van der Waals surface area contributed by atoms with E-state index in [-0.39, 0.29) is 11.2 Å². The minimum atomic E-state index is -0.304. The summed E-state index contributed by atoms with van der Waals surface area (Å²) in [4.78, 5) is 4.38. The monoisotopic (exact) mass is 660 g/mol. The molecule has 0 aromatic heterocycles. The van der Waals surface area contributed by atoms with Gasteiger partial charge in [-0.15, -0.1) is 0 Å². The van der Waals surface area contributed by atoms with Gasteiger partial charge in [-0.05, 0) is 130 Å². The summed E-state index contributed by atoms with van der Waals surface area (Å²) in [7, 11) is 0. The molecule has 0 aliphatic carbocycles. The van der Waals surface area contributed by atoms with Crippen molar-refractivity contribution in [1.29, 1.82) is 10.5 Å². The lowest BCUT2D eigenvalue weighted by Gasteiger charge is -2.30. The Morgan fingerprint density at radius 3 is 1.18 bits per heavy atom. The van der Waals surface area contributed by atoms with Crippen LogP contribution in [0.4, 0.5) is 38.5 Å². The molecular formula is C46H33FN4. The van der Waals surface area contributed by atoms with Gasteiger partial charge in [0.2, 0.25) is 0 Å². The average Bonchev–Trinajstić information content (AvgIpc) is 3.16. The van der Waals surface area contributed by atoms with Gasteiger partial charge in [-0.25, -0.2) is 4.39 Å². The lowest BCUT2D eigenvalue weighted by atomic mass is 9.87. The Bertz CT molecular complexity index is 2620. The van der Waals surface area contributed by atoms with Crippen molar-refractivity contribution in [3.05, 3.63) is 168 Å². The standard InChI is InChI=1S/C46H33FN4/c1-46(2,3)34-12-20-38(21-13-34)50(36-16-4-30(28-48)5-17-36)42-26-10-32-9-25-41-43(27-11-33-8-24-40(42)44(32)45(33)41)51(39-22-14-35(47)15-23-39)37-18-6-31(29-49)7-19-37/h4-27H,1-3H3. The Morgan fingerprint density at radius 2 is 0.804 bits per heavy atom. The van der Waals surface area contributed by atoms with Crippen LogP contribution in [-0.2, 0) is 5.41 Å². The van der Waals surface area contributed by atoms with Crippen LogP contribution in [0.15, 0.2) is 146 Å². The highest BCUT2D eigenvalue weighted by atomic mass is 19.1. The third-order valence-electron chi connectivity index (χ3n) is 9.69. The molecule has 0 saturated heterocycles. The maximum atomic E-state index is 14.2.